The van der Waals surface area contributed by atoms with Crippen LogP contribution in [0.1, 0.15) is 87.5 Å². The van der Waals surface area contributed by atoms with Crippen LogP contribution >= 0.6 is 0 Å². The minimum Gasteiger partial charge on any atom is -0.377 e. The summed E-state index contributed by atoms with van der Waals surface area (Å²) in [5.41, 5.74) is -0.0749. The van der Waals surface area contributed by atoms with Crippen LogP contribution in [-0.4, -0.2) is 38.0 Å². The second-order valence-corrected chi connectivity index (χ2v) is 13.8. The van der Waals surface area contributed by atoms with E-state index in [1.165, 1.54) is 5.57 Å². The quantitative estimate of drug-likeness (QED) is 0.516. The van der Waals surface area contributed by atoms with E-state index in [1.807, 2.05) is 6.08 Å². The van der Waals surface area contributed by atoms with Crippen LogP contribution < -0.4 is 0 Å². The maximum Gasteiger partial charge on any atom is 0.191 e. The van der Waals surface area contributed by atoms with Gasteiger partial charge in [0.25, 0.3) is 0 Å². The largest absolute Gasteiger partial charge is 0.377 e. The number of rotatable bonds is 4. The molecule has 7 atom stereocenters. The normalized spacial score (nSPS) is 47.9. The summed E-state index contributed by atoms with van der Waals surface area (Å²) in [4.78, 5) is 26.3. The predicted molar refractivity (Wildman–Crippen MR) is 131 cm³/mol. The third-order valence-electron chi connectivity index (χ3n) is 11.8. The zero-order valence-electron chi connectivity index (χ0n) is 22.7. The Balaban J connectivity index is 1.94. The predicted octanol–water partition coefficient (Wildman–Crippen LogP) is 6.03. The molecule has 0 radical (unpaired) electrons. The van der Waals surface area contributed by atoms with Crippen LogP contribution in [0, 0.1) is 44.8 Å². The SMILES string of the molecule is COCC(=O)C1(OC)C(C)(C)CC2C3C[C@H](C)C4=CC(=O)CCC4(C)[C@@]3(C)C(C)(C)CC21C. The van der Waals surface area contributed by atoms with Gasteiger partial charge in [0.05, 0.1) is 0 Å². The first-order valence-corrected chi connectivity index (χ1v) is 12.9. The molecule has 0 saturated heterocycles. The fraction of sp³-hybridized carbons (Fsp3) is 0.862. The smallest absolute Gasteiger partial charge is 0.191 e. The second-order valence-electron chi connectivity index (χ2n) is 13.8. The lowest BCUT2D eigenvalue weighted by Gasteiger charge is -2.72. The van der Waals surface area contributed by atoms with Gasteiger partial charge in [-0.1, -0.05) is 61.0 Å². The third-order valence-corrected chi connectivity index (χ3v) is 11.8. The van der Waals surface area contributed by atoms with Gasteiger partial charge in [-0.25, -0.2) is 0 Å². The third kappa shape index (κ3) is 2.71. The summed E-state index contributed by atoms with van der Waals surface area (Å²) in [5.74, 6) is 1.60. The molecule has 0 aromatic carbocycles. The molecule has 33 heavy (non-hydrogen) atoms. The average molecular weight is 459 g/mol. The fourth-order valence-corrected chi connectivity index (χ4v) is 10.6. The maximum atomic E-state index is 13.8. The fourth-order valence-electron chi connectivity index (χ4n) is 10.6. The highest BCUT2D eigenvalue weighted by atomic mass is 16.5. The summed E-state index contributed by atoms with van der Waals surface area (Å²) in [6.07, 6.45) is 6.55. The monoisotopic (exact) mass is 458 g/mol. The first-order chi connectivity index (χ1) is 15.1. The summed E-state index contributed by atoms with van der Waals surface area (Å²) < 4.78 is 11.8. The van der Waals surface area contributed by atoms with E-state index < -0.39 is 5.60 Å². The van der Waals surface area contributed by atoms with E-state index in [2.05, 4.69) is 55.4 Å². The number of ketones is 2. The van der Waals surface area contributed by atoms with E-state index in [1.54, 1.807) is 14.2 Å². The zero-order valence-corrected chi connectivity index (χ0v) is 22.7. The summed E-state index contributed by atoms with van der Waals surface area (Å²) in [7, 11) is 3.34. The number of methoxy groups -OCH3 is 2. The molecule has 3 saturated carbocycles. The molecule has 4 rings (SSSR count). The molecule has 0 aliphatic heterocycles. The molecule has 5 unspecified atom stereocenters. The molecule has 0 aromatic heterocycles. The number of ether oxygens (including phenoxy) is 2. The molecule has 3 fully saturated rings. The molecule has 0 bridgehead atoms. The Kier molecular flexibility index (Phi) is 5.52. The summed E-state index contributed by atoms with van der Waals surface area (Å²) >= 11 is 0. The molecule has 4 nitrogen and oxygen atoms in total. The number of Topliss-reactive ketones (excluding diaryl/α,β-unsaturated/α-hetero) is 1. The Bertz CT molecular complexity index is 899. The van der Waals surface area contributed by atoms with Crippen LogP contribution in [0.3, 0.4) is 0 Å². The van der Waals surface area contributed by atoms with Crippen molar-refractivity contribution in [3.8, 4) is 0 Å². The van der Waals surface area contributed by atoms with E-state index in [9.17, 15) is 9.59 Å². The van der Waals surface area contributed by atoms with Crippen molar-refractivity contribution in [2.75, 3.05) is 20.8 Å². The highest BCUT2D eigenvalue weighted by molar-refractivity contribution is 5.92. The van der Waals surface area contributed by atoms with Crippen LogP contribution in [-0.2, 0) is 19.1 Å². The number of hydrogen-bond donors (Lipinski definition) is 0. The van der Waals surface area contributed by atoms with Crippen LogP contribution in [0.2, 0.25) is 0 Å². The molecule has 0 aromatic rings. The minimum absolute atomic E-state index is 0.00687. The van der Waals surface area contributed by atoms with E-state index in [-0.39, 0.29) is 39.5 Å². The minimum atomic E-state index is -0.873. The van der Waals surface area contributed by atoms with E-state index in [0.29, 0.717) is 30.0 Å². The molecule has 4 heteroatoms. The van der Waals surface area contributed by atoms with Gasteiger partial charge in [-0.05, 0) is 65.8 Å². The van der Waals surface area contributed by atoms with Crippen molar-refractivity contribution in [3.05, 3.63) is 11.6 Å². The van der Waals surface area contributed by atoms with Crippen molar-refractivity contribution >= 4 is 11.6 Å². The second kappa shape index (κ2) is 7.26. The van der Waals surface area contributed by atoms with Gasteiger partial charge >= 0.3 is 0 Å². The Morgan fingerprint density at radius 3 is 2.24 bits per heavy atom. The Morgan fingerprint density at radius 1 is 1.03 bits per heavy atom. The topological polar surface area (TPSA) is 52.6 Å². The highest BCUT2D eigenvalue weighted by Crippen LogP contribution is 2.80. The Morgan fingerprint density at radius 2 is 1.67 bits per heavy atom. The van der Waals surface area contributed by atoms with Crippen molar-refractivity contribution in [2.45, 2.75) is 93.1 Å². The summed E-state index contributed by atoms with van der Waals surface area (Å²) in [5, 5.41) is 0. The van der Waals surface area contributed by atoms with Crippen molar-refractivity contribution in [1.29, 1.82) is 0 Å². The number of fused-ring (bicyclic) bond motifs is 5. The first-order valence-electron chi connectivity index (χ1n) is 12.9. The molecule has 186 valence electrons. The molecule has 0 spiro atoms. The van der Waals surface area contributed by atoms with E-state index >= 15 is 0 Å². The zero-order chi connectivity index (χ0) is 24.8. The van der Waals surface area contributed by atoms with Gasteiger partial charge < -0.3 is 9.47 Å². The lowest BCUT2D eigenvalue weighted by molar-refractivity contribution is -0.236. The van der Waals surface area contributed by atoms with Crippen LogP contribution in [0.5, 0.6) is 0 Å². The molecular formula is C29H46O4. The van der Waals surface area contributed by atoms with Crippen molar-refractivity contribution in [1.82, 2.24) is 0 Å². The summed E-state index contributed by atoms with van der Waals surface area (Å²) in [6, 6.07) is 0. The van der Waals surface area contributed by atoms with Gasteiger partial charge in [0.2, 0.25) is 0 Å². The van der Waals surface area contributed by atoms with Gasteiger partial charge in [0.15, 0.2) is 11.6 Å². The lowest BCUT2D eigenvalue weighted by atomic mass is 9.32. The van der Waals surface area contributed by atoms with Gasteiger partial charge in [-0.3, -0.25) is 9.59 Å². The standard InChI is InChI=1S/C29H46O4/c1-18-13-21-22-15-24(2,3)29(33-10,23(31)16-32-9)27(22,7)17-25(4,5)28(21,8)26(6)12-11-19(30)14-20(18)26/h14,18,21-22H,11-13,15-17H2,1-10H3/t18-,21?,22?,26?,27?,28+,29?/m0/s1. The molecule has 4 aliphatic rings. The first kappa shape index (κ1) is 25.1. The van der Waals surface area contributed by atoms with Crippen LogP contribution in [0.25, 0.3) is 0 Å². The van der Waals surface area contributed by atoms with Crippen LogP contribution in [0.15, 0.2) is 11.6 Å². The van der Waals surface area contributed by atoms with Crippen LogP contribution in [0.4, 0.5) is 0 Å². The van der Waals surface area contributed by atoms with Crippen molar-refractivity contribution in [3.63, 3.8) is 0 Å². The van der Waals surface area contributed by atoms with Gasteiger partial charge in [-0.2, -0.15) is 0 Å². The number of carbonyl (C=O) groups is 2. The van der Waals surface area contributed by atoms with Gasteiger partial charge in [-0.15, -0.1) is 0 Å². The van der Waals surface area contributed by atoms with E-state index in [0.717, 1.165) is 25.7 Å². The average Bonchev–Trinajstić information content (AvgIpc) is 2.88. The Labute approximate surface area is 201 Å². The maximum absolute atomic E-state index is 13.8. The van der Waals surface area contributed by atoms with E-state index in [4.69, 9.17) is 9.47 Å². The van der Waals surface area contributed by atoms with Crippen molar-refractivity contribution in [2.24, 2.45) is 44.8 Å². The Hall–Kier alpha value is -1.00. The highest BCUT2D eigenvalue weighted by Gasteiger charge is 2.78. The van der Waals surface area contributed by atoms with Gasteiger partial charge in [0, 0.05) is 31.5 Å². The number of carbonyl (C=O) groups excluding carboxylic acids is 2. The van der Waals surface area contributed by atoms with Gasteiger partial charge in [0.1, 0.15) is 12.2 Å². The summed E-state index contributed by atoms with van der Waals surface area (Å²) in [6.45, 7) is 19.0. The number of hydrogen-bond acceptors (Lipinski definition) is 4. The molecule has 0 heterocycles. The molecule has 4 aliphatic carbocycles. The molecule has 0 amide bonds. The molecule has 0 N–H and O–H groups in total. The van der Waals surface area contributed by atoms with Crippen molar-refractivity contribution < 1.29 is 19.1 Å². The lowest BCUT2D eigenvalue weighted by Crippen LogP contribution is -2.69. The molecular weight excluding hydrogens is 412 g/mol. The number of allylic oxidation sites excluding steroid dienone is 1.